The van der Waals surface area contributed by atoms with E-state index in [0.29, 0.717) is 24.2 Å². The van der Waals surface area contributed by atoms with Gasteiger partial charge in [-0.25, -0.2) is 4.79 Å². The fraction of sp³-hybridized carbons (Fsp3) is 0.667. The first kappa shape index (κ1) is 12.7. The highest BCUT2D eigenvalue weighted by atomic mass is 16.2. The second-order valence-electron chi connectivity index (χ2n) is 4.80. The maximum atomic E-state index is 11.7. The second kappa shape index (κ2) is 4.88. The Kier molecular flexibility index (Phi) is 3.45. The van der Waals surface area contributed by atoms with Gasteiger partial charge in [-0.3, -0.25) is 14.3 Å². The molecule has 1 aliphatic rings. The average Bonchev–Trinajstić information content (AvgIpc) is 3.03. The summed E-state index contributed by atoms with van der Waals surface area (Å²) in [4.78, 5) is 25.5. The number of aromatic nitrogens is 2. The van der Waals surface area contributed by atoms with Crippen LogP contribution >= 0.6 is 0 Å². The van der Waals surface area contributed by atoms with E-state index in [1.165, 1.54) is 4.57 Å². The first-order valence-corrected chi connectivity index (χ1v) is 6.47. The lowest BCUT2D eigenvalue weighted by Crippen LogP contribution is -2.34. The summed E-state index contributed by atoms with van der Waals surface area (Å²) in [5, 5.41) is 3.16. The maximum absolute atomic E-state index is 11.7. The van der Waals surface area contributed by atoms with Gasteiger partial charge in [0.15, 0.2) is 0 Å². The summed E-state index contributed by atoms with van der Waals surface area (Å²) in [7, 11) is 0. The van der Waals surface area contributed by atoms with Gasteiger partial charge in [0.1, 0.15) is 11.5 Å². The summed E-state index contributed by atoms with van der Waals surface area (Å²) in [6, 6.07) is 0.316. The molecule has 0 aromatic carbocycles. The number of rotatable bonds is 5. The minimum absolute atomic E-state index is 0.230. The molecule has 100 valence electrons. The third kappa shape index (κ3) is 2.27. The number of nitrogens with one attached hydrogen (secondary N) is 2. The fourth-order valence-corrected chi connectivity index (χ4v) is 2.34. The van der Waals surface area contributed by atoms with Crippen molar-refractivity contribution in [2.75, 3.05) is 11.1 Å². The Bertz CT molecular complexity index is 546. The van der Waals surface area contributed by atoms with Gasteiger partial charge in [0.25, 0.3) is 5.56 Å². The van der Waals surface area contributed by atoms with Crippen LogP contribution < -0.4 is 22.3 Å². The van der Waals surface area contributed by atoms with Crippen LogP contribution in [0.2, 0.25) is 0 Å². The highest BCUT2D eigenvalue weighted by molar-refractivity contribution is 5.61. The zero-order chi connectivity index (χ0) is 13.3. The van der Waals surface area contributed by atoms with Gasteiger partial charge in [0.2, 0.25) is 0 Å². The van der Waals surface area contributed by atoms with Gasteiger partial charge in [0, 0.05) is 12.6 Å². The Labute approximate surface area is 105 Å². The van der Waals surface area contributed by atoms with E-state index in [4.69, 9.17) is 5.73 Å². The number of hydrogen-bond acceptors (Lipinski definition) is 4. The molecule has 2 unspecified atom stereocenters. The minimum atomic E-state index is -0.452. The number of aromatic amines is 1. The van der Waals surface area contributed by atoms with E-state index in [1.54, 1.807) is 0 Å². The van der Waals surface area contributed by atoms with Crippen molar-refractivity contribution in [3.8, 4) is 0 Å². The second-order valence-corrected chi connectivity index (χ2v) is 4.80. The van der Waals surface area contributed by atoms with Gasteiger partial charge >= 0.3 is 5.69 Å². The van der Waals surface area contributed by atoms with Crippen molar-refractivity contribution >= 4 is 11.5 Å². The molecule has 0 spiro atoms. The van der Waals surface area contributed by atoms with E-state index in [2.05, 4.69) is 17.2 Å². The van der Waals surface area contributed by atoms with Gasteiger partial charge in [-0.05, 0) is 25.7 Å². The molecule has 0 amide bonds. The molecule has 0 bridgehead atoms. The number of nitrogens with two attached hydrogens (primary N) is 1. The Hall–Kier alpha value is -1.72. The van der Waals surface area contributed by atoms with E-state index in [1.807, 2.05) is 6.92 Å². The molecule has 1 aromatic rings. The summed E-state index contributed by atoms with van der Waals surface area (Å²) >= 11 is 0. The SMILES string of the molecule is CCCC1CC1Nc1c(N)n(CC)c(=O)[nH]c1=O. The minimum Gasteiger partial charge on any atom is -0.383 e. The molecule has 2 rings (SSSR count). The number of nitrogen functional groups attached to an aromatic ring is 1. The molecule has 0 aliphatic heterocycles. The third-order valence-electron chi connectivity index (χ3n) is 3.47. The van der Waals surface area contributed by atoms with Crippen LogP contribution in [-0.4, -0.2) is 15.6 Å². The molecule has 6 heteroatoms. The van der Waals surface area contributed by atoms with Crippen LogP contribution in [0.25, 0.3) is 0 Å². The molecule has 18 heavy (non-hydrogen) atoms. The Morgan fingerprint density at radius 2 is 2.17 bits per heavy atom. The lowest BCUT2D eigenvalue weighted by Gasteiger charge is -2.12. The van der Waals surface area contributed by atoms with Gasteiger partial charge in [-0.1, -0.05) is 13.3 Å². The highest BCUT2D eigenvalue weighted by Crippen LogP contribution is 2.37. The lowest BCUT2D eigenvalue weighted by atomic mass is 10.2. The van der Waals surface area contributed by atoms with Crippen molar-refractivity contribution in [2.45, 2.75) is 45.7 Å². The van der Waals surface area contributed by atoms with Gasteiger partial charge < -0.3 is 11.1 Å². The molecule has 0 radical (unpaired) electrons. The Morgan fingerprint density at radius 1 is 1.44 bits per heavy atom. The first-order valence-electron chi connectivity index (χ1n) is 6.47. The van der Waals surface area contributed by atoms with E-state index in [0.717, 1.165) is 19.3 Å². The van der Waals surface area contributed by atoms with Crippen LogP contribution in [0.3, 0.4) is 0 Å². The average molecular weight is 252 g/mol. The molecule has 1 aliphatic carbocycles. The number of nitrogens with zero attached hydrogens (tertiary/aromatic N) is 1. The van der Waals surface area contributed by atoms with Crippen LogP contribution in [-0.2, 0) is 6.54 Å². The summed E-state index contributed by atoms with van der Waals surface area (Å²) in [6.45, 7) is 4.41. The van der Waals surface area contributed by atoms with E-state index < -0.39 is 11.2 Å². The summed E-state index contributed by atoms with van der Waals surface area (Å²) in [5.41, 5.74) is 5.33. The molecule has 4 N–H and O–H groups in total. The molecular weight excluding hydrogens is 232 g/mol. The largest absolute Gasteiger partial charge is 0.383 e. The topological polar surface area (TPSA) is 92.9 Å². The number of hydrogen-bond donors (Lipinski definition) is 3. The van der Waals surface area contributed by atoms with Crippen molar-refractivity contribution in [1.82, 2.24) is 9.55 Å². The smallest absolute Gasteiger partial charge is 0.330 e. The normalized spacial score (nSPS) is 21.9. The lowest BCUT2D eigenvalue weighted by molar-refractivity contribution is 0.687. The van der Waals surface area contributed by atoms with Crippen molar-refractivity contribution in [2.24, 2.45) is 5.92 Å². The quantitative estimate of drug-likeness (QED) is 0.720. The zero-order valence-corrected chi connectivity index (χ0v) is 10.8. The van der Waals surface area contributed by atoms with Crippen LogP contribution in [0.4, 0.5) is 11.5 Å². The van der Waals surface area contributed by atoms with Crippen molar-refractivity contribution in [1.29, 1.82) is 0 Å². The molecule has 1 heterocycles. The Morgan fingerprint density at radius 3 is 2.78 bits per heavy atom. The Balaban J connectivity index is 2.24. The predicted octanol–water partition coefficient (Wildman–Crippen LogP) is 0.739. The van der Waals surface area contributed by atoms with E-state index in [9.17, 15) is 9.59 Å². The number of H-pyrrole nitrogens is 1. The molecule has 6 nitrogen and oxygen atoms in total. The summed E-state index contributed by atoms with van der Waals surface area (Å²) in [5.74, 6) is 0.851. The van der Waals surface area contributed by atoms with Gasteiger partial charge in [0.05, 0.1) is 0 Å². The molecule has 1 saturated carbocycles. The summed E-state index contributed by atoms with van der Waals surface area (Å²) in [6.07, 6.45) is 3.37. The van der Waals surface area contributed by atoms with E-state index in [-0.39, 0.29) is 5.82 Å². The zero-order valence-electron chi connectivity index (χ0n) is 10.8. The third-order valence-corrected chi connectivity index (χ3v) is 3.47. The predicted molar refractivity (Wildman–Crippen MR) is 71.8 cm³/mol. The van der Waals surface area contributed by atoms with Crippen molar-refractivity contribution in [3.05, 3.63) is 20.8 Å². The van der Waals surface area contributed by atoms with Crippen molar-refractivity contribution < 1.29 is 0 Å². The maximum Gasteiger partial charge on any atom is 0.330 e. The summed E-state index contributed by atoms with van der Waals surface area (Å²) < 4.78 is 1.36. The van der Waals surface area contributed by atoms with Crippen LogP contribution in [0.1, 0.15) is 33.1 Å². The molecule has 0 saturated heterocycles. The highest BCUT2D eigenvalue weighted by Gasteiger charge is 2.36. The molecule has 2 atom stereocenters. The van der Waals surface area contributed by atoms with Crippen LogP contribution in [0, 0.1) is 5.92 Å². The van der Waals surface area contributed by atoms with Crippen molar-refractivity contribution in [3.63, 3.8) is 0 Å². The molecule has 1 aromatic heterocycles. The van der Waals surface area contributed by atoms with Crippen LogP contribution in [0.15, 0.2) is 9.59 Å². The standard InChI is InChI=1S/C12H20N4O2/c1-3-5-7-6-8(7)14-9-10(13)16(4-2)12(18)15-11(9)17/h7-8,14H,3-6,13H2,1-2H3,(H,15,17,18). The molecular formula is C12H20N4O2. The fourth-order valence-electron chi connectivity index (χ4n) is 2.34. The monoisotopic (exact) mass is 252 g/mol. The van der Waals surface area contributed by atoms with Gasteiger partial charge in [-0.2, -0.15) is 0 Å². The first-order chi connectivity index (χ1) is 8.58. The number of anilines is 2. The van der Waals surface area contributed by atoms with E-state index >= 15 is 0 Å². The van der Waals surface area contributed by atoms with Gasteiger partial charge in [-0.15, -0.1) is 0 Å². The van der Waals surface area contributed by atoms with Crippen LogP contribution in [0.5, 0.6) is 0 Å². The molecule has 1 fully saturated rings.